The number of aromatic nitrogens is 2. The smallest absolute Gasteiger partial charge is 0.256 e. The van der Waals surface area contributed by atoms with E-state index in [1.54, 1.807) is 29.3 Å². The van der Waals surface area contributed by atoms with Gasteiger partial charge in [0.05, 0.1) is 20.3 Å². The molecule has 2 aliphatic rings. The van der Waals surface area contributed by atoms with Crippen molar-refractivity contribution in [2.45, 2.75) is 29.9 Å². The lowest BCUT2D eigenvalue weighted by atomic mass is 10.0. The number of aromatic amines is 1. The molecule has 0 spiro atoms. The molecule has 1 fully saturated rings. The maximum atomic E-state index is 13.1. The van der Waals surface area contributed by atoms with Gasteiger partial charge in [-0.2, -0.15) is 5.10 Å². The predicted molar refractivity (Wildman–Crippen MR) is 104 cm³/mol. The van der Waals surface area contributed by atoms with Gasteiger partial charge in [-0.05, 0) is 50.2 Å². The Bertz CT molecular complexity index is 735. The van der Waals surface area contributed by atoms with Gasteiger partial charge in [-0.1, -0.05) is 6.42 Å². The normalized spacial score (nSPS) is 18.6. The third kappa shape index (κ3) is 3.37. The van der Waals surface area contributed by atoms with Crippen LogP contribution in [0.3, 0.4) is 0 Å². The summed E-state index contributed by atoms with van der Waals surface area (Å²) >= 11 is 3.40. The molecule has 0 saturated carbocycles. The number of piperidine rings is 1. The Morgan fingerprint density at radius 3 is 2.80 bits per heavy atom. The molecule has 0 radical (unpaired) electrons. The van der Waals surface area contributed by atoms with E-state index in [1.807, 2.05) is 6.07 Å². The summed E-state index contributed by atoms with van der Waals surface area (Å²) in [5.41, 5.74) is 3.17. The molecule has 0 aromatic carbocycles. The summed E-state index contributed by atoms with van der Waals surface area (Å²) < 4.78 is 1.13. The number of carbonyl (C=O) groups excluding carboxylic acids is 1. The average Bonchev–Trinajstić information content (AvgIpc) is 3.29. The molecular weight excluding hydrogens is 352 g/mol. The molecule has 0 bridgehead atoms. The molecule has 2 aliphatic heterocycles. The number of likely N-dealkylation sites (tertiary alicyclic amines) is 1. The molecule has 25 heavy (non-hydrogen) atoms. The summed E-state index contributed by atoms with van der Waals surface area (Å²) in [4.78, 5) is 18.9. The van der Waals surface area contributed by atoms with Gasteiger partial charge in [0.2, 0.25) is 0 Å². The number of hydrogen-bond donors (Lipinski definition) is 1. The Morgan fingerprint density at radius 1 is 1.24 bits per heavy atom. The fourth-order valence-electron chi connectivity index (χ4n) is 3.81. The SMILES string of the molecule is CSc1sc(-c2ccn[nH]2)c2c1C(=O)N(CCN1CCCCC1)CC2. The number of thiophene rings is 1. The highest BCUT2D eigenvalue weighted by atomic mass is 32.2. The van der Waals surface area contributed by atoms with Gasteiger partial charge in [-0.3, -0.25) is 9.89 Å². The van der Waals surface area contributed by atoms with E-state index in [-0.39, 0.29) is 5.91 Å². The van der Waals surface area contributed by atoms with Crippen LogP contribution in [0.1, 0.15) is 35.2 Å². The summed E-state index contributed by atoms with van der Waals surface area (Å²) in [5.74, 6) is 0.213. The van der Waals surface area contributed by atoms with Crippen LogP contribution in [0.4, 0.5) is 0 Å². The molecule has 2 aromatic rings. The van der Waals surface area contributed by atoms with Crippen molar-refractivity contribution in [1.29, 1.82) is 0 Å². The lowest BCUT2D eigenvalue weighted by molar-refractivity contribution is 0.0710. The van der Waals surface area contributed by atoms with E-state index >= 15 is 0 Å². The first-order valence-electron chi connectivity index (χ1n) is 8.99. The molecule has 1 saturated heterocycles. The van der Waals surface area contributed by atoms with Crippen molar-refractivity contribution in [2.75, 3.05) is 39.0 Å². The van der Waals surface area contributed by atoms with Crippen molar-refractivity contribution in [3.63, 3.8) is 0 Å². The molecular formula is C18H24N4OS2. The minimum atomic E-state index is 0.213. The minimum Gasteiger partial charge on any atom is -0.337 e. The number of amides is 1. The van der Waals surface area contributed by atoms with Crippen molar-refractivity contribution >= 4 is 29.0 Å². The number of nitrogens with zero attached hydrogens (tertiary/aromatic N) is 3. The Morgan fingerprint density at radius 2 is 2.08 bits per heavy atom. The number of fused-ring (bicyclic) bond motifs is 1. The van der Waals surface area contributed by atoms with Crippen molar-refractivity contribution in [3.8, 4) is 10.6 Å². The van der Waals surface area contributed by atoms with E-state index < -0.39 is 0 Å². The van der Waals surface area contributed by atoms with Crippen molar-refractivity contribution in [3.05, 3.63) is 23.4 Å². The molecule has 2 aromatic heterocycles. The van der Waals surface area contributed by atoms with E-state index in [1.165, 1.54) is 42.8 Å². The standard InChI is InChI=1S/C18H24N4OS2/c1-24-18-15-13(16(25-18)14-5-7-19-20-14)6-10-22(17(15)23)12-11-21-8-3-2-4-9-21/h5,7H,2-4,6,8-12H2,1H3,(H,19,20). The summed E-state index contributed by atoms with van der Waals surface area (Å²) in [5, 5.41) is 7.13. The van der Waals surface area contributed by atoms with Gasteiger partial charge in [0, 0.05) is 25.8 Å². The van der Waals surface area contributed by atoms with E-state index in [9.17, 15) is 4.79 Å². The zero-order valence-electron chi connectivity index (χ0n) is 14.6. The number of rotatable bonds is 5. The quantitative estimate of drug-likeness (QED) is 0.813. The summed E-state index contributed by atoms with van der Waals surface area (Å²) in [6.07, 6.45) is 8.72. The van der Waals surface area contributed by atoms with Crippen molar-refractivity contribution < 1.29 is 4.79 Å². The largest absolute Gasteiger partial charge is 0.337 e. The summed E-state index contributed by atoms with van der Waals surface area (Å²) in [6.45, 7) is 5.05. The van der Waals surface area contributed by atoms with Gasteiger partial charge in [-0.15, -0.1) is 23.1 Å². The zero-order chi connectivity index (χ0) is 17.2. The molecule has 4 heterocycles. The van der Waals surface area contributed by atoms with Crippen LogP contribution < -0.4 is 0 Å². The van der Waals surface area contributed by atoms with Crippen LogP contribution in [0, 0.1) is 0 Å². The number of carbonyl (C=O) groups is 1. The second kappa shape index (κ2) is 7.51. The molecule has 134 valence electrons. The Hall–Kier alpha value is -1.31. The van der Waals surface area contributed by atoms with Crippen LogP contribution in [0.25, 0.3) is 10.6 Å². The second-order valence-electron chi connectivity index (χ2n) is 6.69. The number of thioether (sulfide) groups is 1. The third-order valence-electron chi connectivity index (χ3n) is 5.17. The average molecular weight is 377 g/mol. The van der Waals surface area contributed by atoms with E-state index in [0.717, 1.165) is 41.5 Å². The second-order valence-corrected chi connectivity index (χ2v) is 8.79. The lowest BCUT2D eigenvalue weighted by Crippen LogP contribution is -2.43. The topological polar surface area (TPSA) is 52.2 Å². The fourth-order valence-corrected chi connectivity index (χ4v) is 5.85. The number of nitrogens with one attached hydrogen (secondary N) is 1. The molecule has 1 amide bonds. The third-order valence-corrected chi connectivity index (χ3v) is 7.56. The Balaban J connectivity index is 1.53. The molecule has 0 aliphatic carbocycles. The van der Waals surface area contributed by atoms with E-state index in [2.05, 4.69) is 26.3 Å². The lowest BCUT2D eigenvalue weighted by Gasteiger charge is -2.32. The Kier molecular flexibility index (Phi) is 5.15. The summed E-state index contributed by atoms with van der Waals surface area (Å²) in [7, 11) is 0. The van der Waals surface area contributed by atoms with Crippen LogP contribution in [-0.2, 0) is 6.42 Å². The van der Waals surface area contributed by atoms with Crippen molar-refractivity contribution in [1.82, 2.24) is 20.0 Å². The molecule has 0 unspecified atom stereocenters. The van der Waals surface area contributed by atoms with Crippen LogP contribution in [0.5, 0.6) is 0 Å². The number of H-pyrrole nitrogens is 1. The molecule has 4 rings (SSSR count). The maximum absolute atomic E-state index is 13.1. The van der Waals surface area contributed by atoms with Crippen molar-refractivity contribution in [2.24, 2.45) is 0 Å². The highest BCUT2D eigenvalue weighted by Gasteiger charge is 2.32. The molecule has 0 atom stereocenters. The van der Waals surface area contributed by atoms with Gasteiger partial charge in [0.1, 0.15) is 0 Å². The van der Waals surface area contributed by atoms with E-state index in [0.29, 0.717) is 0 Å². The first-order valence-corrected chi connectivity index (χ1v) is 11.0. The molecule has 1 N–H and O–H groups in total. The summed E-state index contributed by atoms with van der Waals surface area (Å²) in [6, 6.07) is 1.99. The Labute approximate surface area is 156 Å². The number of hydrogen-bond acceptors (Lipinski definition) is 5. The van der Waals surface area contributed by atoms with Gasteiger partial charge in [0.25, 0.3) is 5.91 Å². The van der Waals surface area contributed by atoms with Gasteiger partial charge in [0.15, 0.2) is 0 Å². The monoisotopic (exact) mass is 376 g/mol. The molecule has 7 heteroatoms. The van der Waals surface area contributed by atoms with Crippen LogP contribution in [0.15, 0.2) is 16.5 Å². The predicted octanol–water partition coefficient (Wildman–Crippen LogP) is 3.34. The maximum Gasteiger partial charge on any atom is 0.256 e. The van der Waals surface area contributed by atoms with Gasteiger partial charge >= 0.3 is 0 Å². The highest BCUT2D eigenvalue weighted by molar-refractivity contribution is 8.00. The molecule has 5 nitrogen and oxygen atoms in total. The van der Waals surface area contributed by atoms with Gasteiger partial charge < -0.3 is 9.80 Å². The van der Waals surface area contributed by atoms with Gasteiger partial charge in [-0.25, -0.2) is 0 Å². The van der Waals surface area contributed by atoms with Crippen LogP contribution in [0.2, 0.25) is 0 Å². The highest BCUT2D eigenvalue weighted by Crippen LogP contribution is 2.42. The first kappa shape index (κ1) is 17.1. The van der Waals surface area contributed by atoms with E-state index in [4.69, 9.17) is 0 Å². The fraction of sp³-hybridized carbons (Fsp3) is 0.556. The first-order chi connectivity index (χ1) is 12.3. The zero-order valence-corrected chi connectivity index (χ0v) is 16.2. The minimum absolute atomic E-state index is 0.213. The van der Waals surface area contributed by atoms with Crippen LogP contribution in [-0.4, -0.2) is 64.9 Å². The van der Waals surface area contributed by atoms with Crippen LogP contribution >= 0.6 is 23.1 Å².